The molecule has 6 aromatic rings. The predicted molar refractivity (Wildman–Crippen MR) is 223 cm³/mol. The molecule has 14 nitrogen and oxygen atoms in total. The zero-order chi connectivity index (χ0) is 42.5. The highest BCUT2D eigenvalue weighted by atomic mass is 19.3. The van der Waals surface area contributed by atoms with Crippen LogP contribution in [0.3, 0.4) is 0 Å². The first-order chi connectivity index (χ1) is 29.6. The Morgan fingerprint density at radius 2 is 1.69 bits per heavy atom. The smallest absolute Gasteiger partial charge is 0.329 e. The van der Waals surface area contributed by atoms with E-state index in [0.29, 0.717) is 36.4 Å². The second-order valence-corrected chi connectivity index (χ2v) is 15.9. The first kappa shape index (κ1) is 41.4. The number of alkyl halides is 2. The molecule has 8 rings (SSSR count). The Hall–Kier alpha value is -6.29. The largest absolute Gasteiger partial charge is 0.444 e. The molecule has 1 saturated carbocycles. The van der Waals surface area contributed by atoms with Crippen LogP contribution >= 0.6 is 0 Å². The number of hydrogen-bond acceptors (Lipinski definition) is 9. The first-order valence-corrected chi connectivity index (χ1v) is 20.9. The third-order valence-electron chi connectivity index (χ3n) is 11.4. The monoisotopic (exact) mass is 834 g/mol. The Morgan fingerprint density at radius 3 is 2.43 bits per heavy atom. The van der Waals surface area contributed by atoms with E-state index in [0.717, 1.165) is 79.6 Å². The lowest BCUT2D eigenvalue weighted by Gasteiger charge is -2.21. The third kappa shape index (κ3) is 9.86. The third-order valence-corrected chi connectivity index (χ3v) is 11.4. The fraction of sp³-hybridized carbons (Fsp3) is 0.400. The van der Waals surface area contributed by atoms with Crippen molar-refractivity contribution in [3.05, 3.63) is 112 Å². The van der Waals surface area contributed by atoms with Crippen molar-refractivity contribution in [2.45, 2.75) is 89.5 Å². The molecule has 2 N–H and O–H groups in total. The number of pyridine rings is 1. The van der Waals surface area contributed by atoms with Crippen molar-refractivity contribution in [2.75, 3.05) is 18.5 Å². The highest BCUT2D eigenvalue weighted by molar-refractivity contribution is 6.03. The molecule has 2 aliphatic rings. The summed E-state index contributed by atoms with van der Waals surface area (Å²) in [6.07, 6.45) is 11.6. The molecule has 1 aliphatic heterocycles. The number of anilines is 1. The summed E-state index contributed by atoms with van der Waals surface area (Å²) in [4.78, 5) is 58.9. The molecule has 3 amide bonds. The number of piperidine rings is 1. The molecule has 2 fully saturated rings. The Labute approximate surface area is 350 Å². The molecule has 0 spiro atoms. The Bertz CT molecular complexity index is 2590. The van der Waals surface area contributed by atoms with E-state index < -0.39 is 30.0 Å². The maximum atomic E-state index is 14.0. The summed E-state index contributed by atoms with van der Waals surface area (Å²) in [6.45, 7) is 1.28. The van der Waals surface area contributed by atoms with Gasteiger partial charge in [-0.2, -0.15) is 5.10 Å². The quantitative estimate of drug-likeness (QED) is 0.0622. The van der Waals surface area contributed by atoms with Gasteiger partial charge in [0.25, 0.3) is 12.3 Å². The molecule has 61 heavy (non-hydrogen) atoms. The van der Waals surface area contributed by atoms with Crippen molar-refractivity contribution < 1.29 is 32.3 Å². The average Bonchev–Trinajstić information content (AvgIpc) is 3.67. The van der Waals surface area contributed by atoms with Crippen molar-refractivity contribution in [3.8, 4) is 17.1 Å². The highest BCUT2D eigenvalue weighted by Gasteiger charge is 2.31. The highest BCUT2D eigenvalue weighted by Crippen LogP contribution is 2.34. The summed E-state index contributed by atoms with van der Waals surface area (Å²) in [7, 11) is 1.69. The number of aryl methyl sites for hydroxylation is 4. The number of carbonyl (C=O) groups excluding carboxylic acids is 3. The van der Waals surface area contributed by atoms with Crippen LogP contribution in [0.15, 0.2) is 82.5 Å². The van der Waals surface area contributed by atoms with Crippen molar-refractivity contribution in [2.24, 2.45) is 13.0 Å². The lowest BCUT2D eigenvalue weighted by Crippen LogP contribution is -2.44. The standard InChI is InChI=1S/C45H48F2N8O6/c1-53-38-24-30(13-17-36(38)55(45(53)59)37-18-19-39(56)51-43(37)58)7-3-5-23-60-22-4-2-6-28-11-15-33(16-12-28)54-26-34(40(52-54)41(46)47)49-42(57)35-27-61-44(50-35)31-20-21-48-32(25-31)14-10-29-8-9-29/h11-13,15-17,20-21,24-27,29,37,41H,2-10,14,18-19,22-23H2,1H3,(H,49,57)(H,51,56,58). The van der Waals surface area contributed by atoms with E-state index in [2.05, 4.69) is 25.7 Å². The molecule has 318 valence electrons. The maximum absolute atomic E-state index is 14.0. The molecule has 1 saturated heterocycles. The number of rotatable bonds is 19. The van der Waals surface area contributed by atoms with E-state index >= 15 is 0 Å². The van der Waals surface area contributed by atoms with E-state index in [1.54, 1.807) is 23.9 Å². The molecule has 0 radical (unpaired) electrons. The SMILES string of the molecule is Cn1c(=O)n(C2CCC(=O)NC2=O)c2ccc(CCCCOCCCCc3ccc(-n4cc(NC(=O)c5coc(-c6ccnc(CCC7CC7)c6)n5)c(C(F)F)n4)cc3)cc21. The van der Waals surface area contributed by atoms with Crippen LogP contribution < -0.4 is 16.3 Å². The molecule has 0 bridgehead atoms. The molecular weight excluding hydrogens is 787 g/mol. The summed E-state index contributed by atoms with van der Waals surface area (Å²) in [5.74, 6) is -0.432. The van der Waals surface area contributed by atoms with Gasteiger partial charge in [-0.25, -0.2) is 23.2 Å². The van der Waals surface area contributed by atoms with Gasteiger partial charge < -0.3 is 14.5 Å². The number of nitrogens with one attached hydrogen (secondary N) is 2. The number of benzene rings is 2. The predicted octanol–water partition coefficient (Wildman–Crippen LogP) is 7.45. The van der Waals surface area contributed by atoms with Gasteiger partial charge in [-0.1, -0.05) is 31.0 Å². The Kier molecular flexibility index (Phi) is 12.6. The number of unbranched alkanes of at least 4 members (excludes halogenated alkanes) is 2. The van der Waals surface area contributed by atoms with Crippen molar-refractivity contribution in [1.29, 1.82) is 0 Å². The van der Waals surface area contributed by atoms with Gasteiger partial charge in [-0.15, -0.1) is 0 Å². The minimum absolute atomic E-state index is 0.0440. The van der Waals surface area contributed by atoms with Crippen molar-refractivity contribution >= 4 is 34.4 Å². The number of oxazole rings is 1. The molecule has 1 atom stereocenters. The average molecular weight is 835 g/mol. The molecule has 16 heteroatoms. The number of imidazole rings is 1. The van der Waals surface area contributed by atoms with Crippen LogP contribution in [0, 0.1) is 5.92 Å². The van der Waals surface area contributed by atoms with Crippen molar-refractivity contribution in [1.82, 2.24) is 34.2 Å². The van der Waals surface area contributed by atoms with Gasteiger partial charge in [-0.05, 0) is 111 Å². The summed E-state index contributed by atoms with van der Waals surface area (Å²) in [5, 5.41) is 8.95. The number of imide groups is 1. The summed E-state index contributed by atoms with van der Waals surface area (Å²) in [6, 6.07) is 16.3. The lowest BCUT2D eigenvalue weighted by atomic mass is 10.0. The lowest BCUT2D eigenvalue weighted by molar-refractivity contribution is -0.135. The van der Waals surface area contributed by atoms with Gasteiger partial charge >= 0.3 is 5.69 Å². The van der Waals surface area contributed by atoms with Crippen LogP contribution in [-0.2, 0) is 40.6 Å². The van der Waals surface area contributed by atoms with Crippen LogP contribution in [0.4, 0.5) is 14.5 Å². The van der Waals surface area contributed by atoms with Crippen LogP contribution in [0.5, 0.6) is 0 Å². The summed E-state index contributed by atoms with van der Waals surface area (Å²) >= 11 is 0. The van der Waals surface area contributed by atoms with Crippen LogP contribution in [0.1, 0.15) is 103 Å². The van der Waals surface area contributed by atoms with Gasteiger partial charge in [-0.3, -0.25) is 33.8 Å². The topological polar surface area (TPSA) is 168 Å². The first-order valence-electron chi connectivity index (χ1n) is 20.9. The van der Waals surface area contributed by atoms with Crippen LogP contribution in [0.25, 0.3) is 28.2 Å². The fourth-order valence-electron chi connectivity index (χ4n) is 7.76. The van der Waals surface area contributed by atoms with Gasteiger partial charge in [0.2, 0.25) is 17.7 Å². The van der Waals surface area contributed by atoms with Gasteiger partial charge in [0, 0.05) is 44.1 Å². The van der Waals surface area contributed by atoms with E-state index in [-0.39, 0.29) is 35.3 Å². The van der Waals surface area contributed by atoms with E-state index in [4.69, 9.17) is 9.15 Å². The van der Waals surface area contributed by atoms with Gasteiger partial charge in [0.1, 0.15) is 12.3 Å². The number of halogens is 2. The molecule has 2 aromatic carbocycles. The number of nitrogens with zero attached hydrogens (tertiary/aromatic N) is 6. The molecule has 4 aromatic heterocycles. The second-order valence-electron chi connectivity index (χ2n) is 15.9. The Balaban J connectivity index is 0.760. The number of fused-ring (bicyclic) bond motifs is 1. The zero-order valence-electron chi connectivity index (χ0n) is 33.9. The number of ether oxygens (including phenoxy) is 1. The summed E-state index contributed by atoms with van der Waals surface area (Å²) < 4.78 is 43.9. The molecule has 5 heterocycles. The van der Waals surface area contributed by atoms with Crippen molar-refractivity contribution in [3.63, 3.8) is 0 Å². The normalized spacial score (nSPS) is 15.5. The van der Waals surface area contributed by atoms with Gasteiger partial charge in [0.15, 0.2) is 11.4 Å². The van der Waals surface area contributed by atoms with Gasteiger partial charge in [0.05, 0.1) is 28.6 Å². The number of aromatic nitrogens is 6. The van der Waals surface area contributed by atoms with Crippen LogP contribution in [-0.4, -0.2) is 59.8 Å². The zero-order valence-corrected chi connectivity index (χ0v) is 33.9. The number of hydrogen-bond donors (Lipinski definition) is 2. The molecule has 1 aliphatic carbocycles. The molecule has 1 unspecified atom stereocenters. The summed E-state index contributed by atoms with van der Waals surface area (Å²) in [5.41, 5.74) is 4.81. The minimum Gasteiger partial charge on any atom is -0.444 e. The fourth-order valence-corrected chi connectivity index (χ4v) is 7.76. The van der Waals surface area contributed by atoms with Crippen LogP contribution in [0.2, 0.25) is 0 Å². The maximum Gasteiger partial charge on any atom is 0.329 e. The van der Waals surface area contributed by atoms with E-state index in [1.807, 2.05) is 48.5 Å². The van der Waals surface area contributed by atoms with E-state index in [1.165, 1.54) is 34.6 Å². The minimum atomic E-state index is -2.92. The number of amides is 3. The van der Waals surface area contributed by atoms with E-state index in [9.17, 15) is 28.0 Å². The number of carbonyl (C=O) groups is 3. The Morgan fingerprint density at radius 1 is 0.934 bits per heavy atom. The molecular formula is C45H48F2N8O6. The second kappa shape index (κ2) is 18.5.